The Bertz CT molecular complexity index is 1000. The molecule has 1 aromatic carbocycles. The maximum atomic E-state index is 12.5. The molecule has 2 aliphatic rings. The second kappa shape index (κ2) is 10.5. The Labute approximate surface area is 197 Å². The van der Waals surface area contributed by atoms with Crippen LogP contribution >= 0.6 is 0 Å². The highest BCUT2D eigenvalue weighted by Gasteiger charge is 2.21. The third kappa shape index (κ3) is 5.82. The number of rotatable bonds is 6. The minimum Gasteiger partial charge on any atom is -0.354 e. The van der Waals surface area contributed by atoms with Crippen LogP contribution in [0.4, 0.5) is 11.5 Å². The van der Waals surface area contributed by atoms with Crippen LogP contribution in [0.5, 0.6) is 0 Å². The topological polar surface area (TPSA) is 68.8 Å². The van der Waals surface area contributed by atoms with Crippen molar-refractivity contribution in [1.29, 1.82) is 0 Å². The van der Waals surface area contributed by atoms with Crippen LogP contribution in [0.1, 0.15) is 45.1 Å². The van der Waals surface area contributed by atoms with Crippen LogP contribution in [0.25, 0.3) is 10.9 Å². The van der Waals surface area contributed by atoms with Crippen LogP contribution in [0.15, 0.2) is 24.3 Å². The number of hydrogen-bond donors (Lipinski definition) is 1. The molecule has 2 aliphatic heterocycles. The molecule has 0 radical (unpaired) electrons. The number of benzene rings is 1. The van der Waals surface area contributed by atoms with Crippen molar-refractivity contribution in [3.63, 3.8) is 0 Å². The molecule has 1 aromatic heterocycles. The van der Waals surface area contributed by atoms with Crippen LogP contribution in [0.2, 0.25) is 0 Å². The molecule has 0 unspecified atom stereocenters. The molecule has 7 nitrogen and oxygen atoms in total. The summed E-state index contributed by atoms with van der Waals surface area (Å²) in [6, 6.07) is 8.01. The zero-order chi connectivity index (χ0) is 23.4. The number of piperazine rings is 1. The Morgan fingerprint density at radius 2 is 1.88 bits per heavy atom. The van der Waals surface area contributed by atoms with Crippen LogP contribution in [0, 0.1) is 12.8 Å². The van der Waals surface area contributed by atoms with Gasteiger partial charge in [-0.3, -0.25) is 9.59 Å². The predicted molar refractivity (Wildman–Crippen MR) is 134 cm³/mol. The van der Waals surface area contributed by atoms with E-state index in [9.17, 15) is 9.59 Å². The zero-order valence-electron chi connectivity index (χ0n) is 20.3. The Hall–Kier alpha value is -2.67. The SMILES string of the molecule is CCN1CCN(c2cc(C)c3cc(NC(=O)CCC(=O)N4CCC[C@@H](C)C4)ccc3n2)CC1. The van der Waals surface area contributed by atoms with Gasteiger partial charge in [-0.15, -0.1) is 0 Å². The van der Waals surface area contributed by atoms with E-state index in [0.29, 0.717) is 5.92 Å². The molecule has 0 bridgehead atoms. The summed E-state index contributed by atoms with van der Waals surface area (Å²) in [5.74, 6) is 1.54. The number of carbonyl (C=O) groups excluding carboxylic acids is 2. The lowest BCUT2D eigenvalue weighted by atomic mass is 10.00. The monoisotopic (exact) mass is 451 g/mol. The first-order valence-corrected chi connectivity index (χ1v) is 12.4. The first kappa shape index (κ1) is 23.5. The van der Waals surface area contributed by atoms with E-state index in [2.05, 4.69) is 42.0 Å². The van der Waals surface area contributed by atoms with Crippen molar-refractivity contribution in [2.45, 2.75) is 46.5 Å². The van der Waals surface area contributed by atoms with Crippen LogP contribution in [0.3, 0.4) is 0 Å². The number of aromatic nitrogens is 1. The number of piperidine rings is 1. The van der Waals surface area contributed by atoms with Crippen LogP contribution in [-0.2, 0) is 9.59 Å². The number of fused-ring (bicyclic) bond motifs is 1. The van der Waals surface area contributed by atoms with Gasteiger partial charge in [-0.2, -0.15) is 0 Å². The highest BCUT2D eigenvalue weighted by Crippen LogP contribution is 2.26. The first-order valence-electron chi connectivity index (χ1n) is 12.4. The first-order chi connectivity index (χ1) is 15.9. The highest BCUT2D eigenvalue weighted by atomic mass is 16.2. The maximum absolute atomic E-state index is 12.5. The van der Waals surface area contributed by atoms with E-state index in [1.54, 1.807) is 0 Å². The molecule has 2 aromatic rings. The van der Waals surface area contributed by atoms with E-state index in [4.69, 9.17) is 4.98 Å². The lowest BCUT2D eigenvalue weighted by molar-refractivity contribution is -0.134. The van der Waals surface area contributed by atoms with Crippen molar-refractivity contribution in [3.05, 3.63) is 29.8 Å². The minimum absolute atomic E-state index is 0.0857. The third-order valence-corrected chi connectivity index (χ3v) is 7.00. The van der Waals surface area contributed by atoms with Gasteiger partial charge < -0.3 is 20.0 Å². The summed E-state index contributed by atoms with van der Waals surface area (Å²) in [5, 5.41) is 4.01. The Morgan fingerprint density at radius 3 is 2.61 bits per heavy atom. The Kier molecular flexibility index (Phi) is 7.48. The Morgan fingerprint density at radius 1 is 1.09 bits per heavy atom. The summed E-state index contributed by atoms with van der Waals surface area (Å²) in [5.41, 5.74) is 2.84. The van der Waals surface area contributed by atoms with E-state index in [-0.39, 0.29) is 24.7 Å². The van der Waals surface area contributed by atoms with Gasteiger partial charge >= 0.3 is 0 Å². The highest BCUT2D eigenvalue weighted by molar-refractivity contribution is 5.96. The summed E-state index contributed by atoms with van der Waals surface area (Å²) in [6.45, 7) is 13.3. The molecule has 2 saturated heterocycles. The summed E-state index contributed by atoms with van der Waals surface area (Å²) in [7, 11) is 0. The fourth-order valence-electron chi connectivity index (χ4n) is 4.93. The van der Waals surface area contributed by atoms with E-state index in [1.807, 2.05) is 23.1 Å². The normalized spacial score (nSPS) is 19.7. The molecule has 33 heavy (non-hydrogen) atoms. The molecule has 0 aliphatic carbocycles. The number of pyridine rings is 1. The van der Waals surface area contributed by atoms with E-state index in [0.717, 1.165) is 80.2 Å². The van der Waals surface area contributed by atoms with E-state index >= 15 is 0 Å². The number of likely N-dealkylation sites (N-methyl/N-ethyl adjacent to an activating group) is 1. The zero-order valence-corrected chi connectivity index (χ0v) is 20.3. The number of hydrogen-bond acceptors (Lipinski definition) is 5. The summed E-state index contributed by atoms with van der Waals surface area (Å²) in [6.07, 6.45) is 2.71. The number of carbonyl (C=O) groups is 2. The molecule has 1 atom stereocenters. The van der Waals surface area contributed by atoms with Crippen molar-refractivity contribution >= 4 is 34.2 Å². The molecular weight excluding hydrogens is 414 g/mol. The van der Waals surface area contributed by atoms with Crippen molar-refractivity contribution in [2.24, 2.45) is 5.92 Å². The quantitative estimate of drug-likeness (QED) is 0.726. The van der Waals surface area contributed by atoms with Crippen LogP contribution < -0.4 is 10.2 Å². The number of nitrogens with zero attached hydrogens (tertiary/aromatic N) is 4. The van der Waals surface area contributed by atoms with Crippen molar-refractivity contribution in [3.8, 4) is 0 Å². The van der Waals surface area contributed by atoms with Gasteiger partial charge in [-0.1, -0.05) is 13.8 Å². The van der Waals surface area contributed by atoms with Crippen molar-refractivity contribution in [2.75, 3.05) is 56.0 Å². The molecule has 178 valence electrons. The molecule has 2 fully saturated rings. The number of nitrogens with one attached hydrogen (secondary N) is 1. The van der Waals surface area contributed by atoms with Crippen LogP contribution in [-0.4, -0.2) is 72.4 Å². The van der Waals surface area contributed by atoms with Gasteiger partial charge in [0.2, 0.25) is 11.8 Å². The largest absolute Gasteiger partial charge is 0.354 e. The van der Waals surface area contributed by atoms with Gasteiger partial charge in [0, 0.05) is 63.2 Å². The smallest absolute Gasteiger partial charge is 0.224 e. The maximum Gasteiger partial charge on any atom is 0.224 e. The van der Waals surface area contributed by atoms with Gasteiger partial charge in [0.1, 0.15) is 5.82 Å². The molecule has 0 spiro atoms. The third-order valence-electron chi connectivity index (χ3n) is 7.00. The van der Waals surface area contributed by atoms with Gasteiger partial charge in [0.25, 0.3) is 0 Å². The standard InChI is InChI=1S/C26H37N5O2/c1-4-29-12-14-30(15-13-29)24-16-20(3)22-17-21(7-8-23(22)28-24)27-25(32)9-10-26(33)31-11-5-6-19(2)18-31/h7-8,16-17,19H,4-6,9-15,18H2,1-3H3,(H,27,32)/t19-/m1/s1. The number of aryl methyl sites for hydroxylation is 1. The molecule has 0 saturated carbocycles. The molecular formula is C26H37N5O2. The second-order valence-corrected chi connectivity index (χ2v) is 9.59. The average molecular weight is 452 g/mol. The number of likely N-dealkylation sites (tertiary alicyclic amines) is 1. The van der Waals surface area contributed by atoms with Crippen molar-refractivity contribution in [1.82, 2.24) is 14.8 Å². The van der Waals surface area contributed by atoms with E-state index < -0.39 is 0 Å². The molecule has 1 N–H and O–H groups in total. The van der Waals surface area contributed by atoms with Gasteiger partial charge in [-0.25, -0.2) is 4.98 Å². The summed E-state index contributed by atoms with van der Waals surface area (Å²) in [4.78, 5) is 36.6. The molecule has 4 rings (SSSR count). The van der Waals surface area contributed by atoms with Crippen molar-refractivity contribution < 1.29 is 9.59 Å². The summed E-state index contributed by atoms with van der Waals surface area (Å²) >= 11 is 0. The molecule has 2 amide bonds. The van der Waals surface area contributed by atoms with Gasteiger partial charge in [-0.05, 0) is 62.1 Å². The second-order valence-electron chi connectivity index (χ2n) is 9.59. The average Bonchev–Trinajstić information content (AvgIpc) is 2.83. The Balaban J connectivity index is 1.36. The fourth-order valence-corrected chi connectivity index (χ4v) is 4.93. The molecule has 7 heteroatoms. The van der Waals surface area contributed by atoms with Gasteiger partial charge in [0.05, 0.1) is 5.52 Å². The summed E-state index contributed by atoms with van der Waals surface area (Å²) < 4.78 is 0. The number of amides is 2. The molecule has 3 heterocycles. The minimum atomic E-state index is -0.121. The predicted octanol–water partition coefficient (Wildman–Crippen LogP) is 3.66. The lowest BCUT2D eigenvalue weighted by Crippen LogP contribution is -2.46. The number of anilines is 2. The lowest BCUT2D eigenvalue weighted by Gasteiger charge is -2.35. The van der Waals surface area contributed by atoms with E-state index in [1.165, 1.54) is 6.42 Å². The fraction of sp³-hybridized carbons (Fsp3) is 0.577. The van der Waals surface area contributed by atoms with Gasteiger partial charge in [0.15, 0.2) is 0 Å².